The van der Waals surface area contributed by atoms with Crippen LogP contribution in [0.4, 0.5) is 0 Å². The van der Waals surface area contributed by atoms with E-state index in [1.807, 2.05) is 0 Å². The van der Waals surface area contributed by atoms with Gasteiger partial charge in [0.1, 0.15) is 11.5 Å². The zero-order chi connectivity index (χ0) is 18.9. The molecule has 0 aromatic heterocycles. The summed E-state index contributed by atoms with van der Waals surface area (Å²) in [4.78, 5) is 35.9. The minimum absolute atomic E-state index is 0.274. The van der Waals surface area contributed by atoms with Gasteiger partial charge in [0.05, 0.1) is 26.3 Å². The highest BCUT2D eigenvalue weighted by molar-refractivity contribution is 5.99. The van der Waals surface area contributed by atoms with Crippen molar-refractivity contribution in [3.63, 3.8) is 0 Å². The number of rotatable bonds is 6. The highest BCUT2D eigenvalue weighted by Gasteiger charge is 2.13. The van der Waals surface area contributed by atoms with Gasteiger partial charge in [-0.15, -0.1) is 0 Å². The summed E-state index contributed by atoms with van der Waals surface area (Å²) in [6, 6.07) is 13.1. The summed E-state index contributed by atoms with van der Waals surface area (Å²) in [7, 11) is 2.94. The van der Waals surface area contributed by atoms with Gasteiger partial charge in [-0.2, -0.15) is 0 Å². The fourth-order valence-corrected chi connectivity index (χ4v) is 2.10. The maximum Gasteiger partial charge on any atom is 0.273 e. The van der Waals surface area contributed by atoms with Crippen LogP contribution in [0.1, 0.15) is 20.7 Å². The molecular formula is C18H19N3O5. The van der Waals surface area contributed by atoms with Crippen molar-refractivity contribution in [3.05, 3.63) is 59.7 Å². The Morgan fingerprint density at radius 2 is 1.65 bits per heavy atom. The van der Waals surface area contributed by atoms with Crippen LogP contribution in [-0.4, -0.2) is 38.5 Å². The van der Waals surface area contributed by atoms with Gasteiger partial charge in [-0.3, -0.25) is 25.2 Å². The molecule has 0 bridgehead atoms. The van der Waals surface area contributed by atoms with E-state index in [9.17, 15) is 14.4 Å². The zero-order valence-electron chi connectivity index (χ0n) is 14.4. The van der Waals surface area contributed by atoms with Gasteiger partial charge in [-0.05, 0) is 30.3 Å². The van der Waals surface area contributed by atoms with Crippen LogP contribution in [0.25, 0.3) is 0 Å². The molecule has 0 saturated carbocycles. The first-order valence-electron chi connectivity index (χ1n) is 7.69. The van der Waals surface area contributed by atoms with Crippen molar-refractivity contribution < 1.29 is 23.9 Å². The van der Waals surface area contributed by atoms with E-state index in [-0.39, 0.29) is 12.1 Å². The summed E-state index contributed by atoms with van der Waals surface area (Å²) in [5.74, 6) is -0.633. The largest absolute Gasteiger partial charge is 0.497 e. The number of carbonyl (C=O) groups is 3. The number of amides is 3. The summed E-state index contributed by atoms with van der Waals surface area (Å²) < 4.78 is 10.1. The Kier molecular flexibility index (Phi) is 6.55. The predicted octanol–water partition coefficient (Wildman–Crippen LogP) is 0.895. The second-order valence-electron chi connectivity index (χ2n) is 5.12. The number of para-hydroxylation sites is 1. The van der Waals surface area contributed by atoms with Gasteiger partial charge in [-0.1, -0.05) is 18.2 Å². The molecule has 0 unspecified atom stereocenters. The molecule has 2 aromatic carbocycles. The molecule has 3 N–H and O–H groups in total. The molecule has 0 aliphatic heterocycles. The molecule has 8 nitrogen and oxygen atoms in total. The molecular weight excluding hydrogens is 338 g/mol. The normalized spacial score (nSPS) is 9.77. The fraction of sp³-hybridized carbons (Fsp3) is 0.167. The van der Waals surface area contributed by atoms with Gasteiger partial charge in [0.15, 0.2) is 0 Å². The van der Waals surface area contributed by atoms with Crippen molar-refractivity contribution in [3.8, 4) is 11.5 Å². The van der Waals surface area contributed by atoms with Crippen molar-refractivity contribution in [2.24, 2.45) is 0 Å². The summed E-state index contributed by atoms with van der Waals surface area (Å²) >= 11 is 0. The molecule has 2 rings (SSSR count). The average molecular weight is 357 g/mol. The second-order valence-corrected chi connectivity index (χ2v) is 5.12. The van der Waals surface area contributed by atoms with Gasteiger partial charge in [0.25, 0.3) is 17.7 Å². The third-order valence-corrected chi connectivity index (χ3v) is 3.41. The number of hydrogen-bond acceptors (Lipinski definition) is 5. The number of hydrazine groups is 1. The Morgan fingerprint density at radius 3 is 2.38 bits per heavy atom. The van der Waals surface area contributed by atoms with Crippen LogP contribution >= 0.6 is 0 Å². The monoisotopic (exact) mass is 357 g/mol. The summed E-state index contributed by atoms with van der Waals surface area (Å²) in [6.07, 6.45) is 0. The lowest BCUT2D eigenvalue weighted by Gasteiger charge is -2.11. The van der Waals surface area contributed by atoms with E-state index < -0.39 is 17.7 Å². The molecule has 0 aliphatic rings. The molecule has 0 spiro atoms. The maximum absolute atomic E-state index is 12.1. The van der Waals surface area contributed by atoms with Gasteiger partial charge < -0.3 is 14.8 Å². The summed E-state index contributed by atoms with van der Waals surface area (Å²) in [6.45, 7) is -0.303. The molecule has 0 fully saturated rings. The minimum Gasteiger partial charge on any atom is -0.497 e. The predicted molar refractivity (Wildman–Crippen MR) is 93.9 cm³/mol. The van der Waals surface area contributed by atoms with E-state index in [1.165, 1.54) is 14.2 Å². The fourth-order valence-electron chi connectivity index (χ4n) is 2.10. The highest BCUT2D eigenvalue weighted by Crippen LogP contribution is 2.16. The van der Waals surface area contributed by atoms with Crippen molar-refractivity contribution >= 4 is 17.7 Å². The number of methoxy groups -OCH3 is 2. The number of benzene rings is 2. The lowest BCUT2D eigenvalue weighted by molar-refractivity contribution is -0.120. The first kappa shape index (κ1) is 18.8. The molecule has 0 saturated heterocycles. The lowest BCUT2D eigenvalue weighted by atomic mass is 10.2. The molecule has 0 heterocycles. The maximum atomic E-state index is 12.1. The van der Waals surface area contributed by atoms with Crippen LogP contribution in [0.3, 0.4) is 0 Å². The standard InChI is InChI=1S/C18H19N3O5/c1-25-13-7-5-6-12(10-13)17(23)19-11-16(22)20-21-18(24)14-8-3-4-9-15(14)26-2/h3-10H,11H2,1-2H3,(H,19,23)(H,20,22)(H,21,24). The van der Waals surface area contributed by atoms with E-state index in [0.717, 1.165) is 0 Å². The molecule has 0 radical (unpaired) electrons. The Balaban J connectivity index is 1.83. The first-order valence-corrected chi connectivity index (χ1v) is 7.69. The zero-order valence-corrected chi connectivity index (χ0v) is 14.4. The van der Waals surface area contributed by atoms with Crippen LogP contribution in [0.5, 0.6) is 11.5 Å². The minimum atomic E-state index is -0.579. The lowest BCUT2D eigenvalue weighted by Crippen LogP contribution is -2.46. The van der Waals surface area contributed by atoms with Crippen LogP contribution < -0.4 is 25.6 Å². The molecule has 136 valence electrons. The third-order valence-electron chi connectivity index (χ3n) is 3.41. The smallest absolute Gasteiger partial charge is 0.273 e. The van der Waals surface area contributed by atoms with E-state index in [1.54, 1.807) is 48.5 Å². The van der Waals surface area contributed by atoms with Crippen LogP contribution in [0.2, 0.25) is 0 Å². The Bertz CT molecular complexity index is 807. The van der Waals surface area contributed by atoms with E-state index >= 15 is 0 Å². The second kappa shape index (κ2) is 9.07. The van der Waals surface area contributed by atoms with E-state index in [2.05, 4.69) is 16.2 Å². The van der Waals surface area contributed by atoms with Crippen molar-refractivity contribution in [2.45, 2.75) is 0 Å². The van der Waals surface area contributed by atoms with Crippen LogP contribution in [-0.2, 0) is 4.79 Å². The SMILES string of the molecule is COc1cccc(C(=O)NCC(=O)NNC(=O)c2ccccc2OC)c1. The molecule has 8 heteroatoms. The first-order chi connectivity index (χ1) is 12.5. The van der Waals surface area contributed by atoms with Gasteiger partial charge in [-0.25, -0.2) is 0 Å². The van der Waals surface area contributed by atoms with Crippen LogP contribution in [0, 0.1) is 0 Å². The quantitative estimate of drug-likeness (QED) is 0.666. The highest BCUT2D eigenvalue weighted by atomic mass is 16.5. The van der Waals surface area contributed by atoms with Crippen LogP contribution in [0.15, 0.2) is 48.5 Å². The van der Waals surface area contributed by atoms with Gasteiger partial charge >= 0.3 is 0 Å². The Hall–Kier alpha value is -3.55. The number of nitrogens with one attached hydrogen (secondary N) is 3. The third kappa shape index (κ3) is 4.97. The molecule has 2 aromatic rings. The van der Waals surface area contributed by atoms with Crippen molar-refractivity contribution in [1.29, 1.82) is 0 Å². The van der Waals surface area contributed by atoms with E-state index in [4.69, 9.17) is 9.47 Å². The van der Waals surface area contributed by atoms with Crippen molar-refractivity contribution in [2.75, 3.05) is 20.8 Å². The summed E-state index contributed by atoms with van der Waals surface area (Å²) in [5, 5.41) is 2.45. The topological polar surface area (TPSA) is 106 Å². The molecule has 26 heavy (non-hydrogen) atoms. The van der Waals surface area contributed by atoms with Gasteiger partial charge in [0.2, 0.25) is 0 Å². The Labute approximate surface area is 150 Å². The molecule has 0 atom stereocenters. The summed E-state index contributed by atoms with van der Waals surface area (Å²) in [5.41, 5.74) is 5.12. The molecule has 3 amide bonds. The van der Waals surface area contributed by atoms with Crippen molar-refractivity contribution in [1.82, 2.24) is 16.2 Å². The number of carbonyl (C=O) groups excluding carboxylic acids is 3. The Morgan fingerprint density at radius 1 is 0.885 bits per heavy atom. The average Bonchev–Trinajstić information content (AvgIpc) is 2.70. The number of hydrogen-bond donors (Lipinski definition) is 3. The molecule has 0 aliphatic carbocycles. The van der Waals surface area contributed by atoms with Gasteiger partial charge in [0, 0.05) is 5.56 Å². The number of ether oxygens (including phenoxy) is 2. The van der Waals surface area contributed by atoms with E-state index in [0.29, 0.717) is 17.1 Å².